The van der Waals surface area contributed by atoms with Crippen LogP contribution in [0.1, 0.15) is 0 Å². The fourth-order valence-corrected chi connectivity index (χ4v) is 2.72. The number of halogens is 1. The van der Waals surface area contributed by atoms with Crippen LogP contribution in [0.2, 0.25) is 5.02 Å². The Bertz CT molecular complexity index is 793. The van der Waals surface area contributed by atoms with Crippen molar-refractivity contribution in [3.8, 4) is 23.0 Å². The molecular formula is C17H15ClN2O3S. The number of para-hydroxylation sites is 1. The summed E-state index contributed by atoms with van der Waals surface area (Å²) in [4.78, 5) is 0. The Labute approximate surface area is 148 Å². The molecule has 3 aromatic rings. The minimum absolute atomic E-state index is 0.438. The average molecular weight is 363 g/mol. The van der Waals surface area contributed by atoms with Gasteiger partial charge in [0, 0.05) is 10.8 Å². The van der Waals surface area contributed by atoms with Crippen LogP contribution < -0.4 is 9.47 Å². The van der Waals surface area contributed by atoms with E-state index in [2.05, 4.69) is 10.2 Å². The van der Waals surface area contributed by atoms with Gasteiger partial charge in [-0.1, -0.05) is 35.5 Å². The van der Waals surface area contributed by atoms with Crippen LogP contribution in [0.3, 0.4) is 0 Å². The second-order valence-electron chi connectivity index (χ2n) is 4.72. The van der Waals surface area contributed by atoms with E-state index in [1.54, 1.807) is 19.2 Å². The SMILES string of the molecule is COc1ccccc1-c1nnc(SCCOc2ccc(Cl)cc2)o1. The third kappa shape index (κ3) is 4.21. The molecule has 3 rings (SSSR count). The van der Waals surface area contributed by atoms with Crippen molar-refractivity contribution in [1.82, 2.24) is 10.2 Å². The summed E-state index contributed by atoms with van der Waals surface area (Å²) in [6.45, 7) is 0.526. The maximum Gasteiger partial charge on any atom is 0.276 e. The van der Waals surface area contributed by atoms with Gasteiger partial charge in [0.05, 0.1) is 19.3 Å². The Balaban J connectivity index is 1.54. The minimum Gasteiger partial charge on any atom is -0.496 e. The molecule has 0 amide bonds. The van der Waals surface area contributed by atoms with Crippen molar-refractivity contribution in [3.63, 3.8) is 0 Å². The van der Waals surface area contributed by atoms with Gasteiger partial charge < -0.3 is 13.9 Å². The molecule has 5 nitrogen and oxygen atoms in total. The fourth-order valence-electron chi connectivity index (χ4n) is 2.02. The van der Waals surface area contributed by atoms with Crippen molar-refractivity contribution >= 4 is 23.4 Å². The molecule has 0 N–H and O–H groups in total. The molecule has 0 radical (unpaired) electrons. The van der Waals surface area contributed by atoms with Crippen molar-refractivity contribution < 1.29 is 13.9 Å². The number of nitrogens with zero attached hydrogens (tertiary/aromatic N) is 2. The third-order valence-corrected chi connectivity index (χ3v) is 4.17. The summed E-state index contributed by atoms with van der Waals surface area (Å²) in [6.07, 6.45) is 0. The molecule has 0 fully saturated rings. The molecule has 0 aliphatic rings. The maximum atomic E-state index is 5.83. The summed E-state index contributed by atoms with van der Waals surface area (Å²) < 4.78 is 16.6. The molecule has 1 heterocycles. The Morgan fingerprint density at radius 2 is 1.88 bits per heavy atom. The molecule has 0 aliphatic heterocycles. The van der Waals surface area contributed by atoms with Gasteiger partial charge in [0.1, 0.15) is 11.5 Å². The zero-order chi connectivity index (χ0) is 16.8. The number of aromatic nitrogens is 2. The molecule has 0 aliphatic carbocycles. The largest absolute Gasteiger partial charge is 0.496 e. The van der Waals surface area contributed by atoms with E-state index in [1.807, 2.05) is 36.4 Å². The minimum atomic E-state index is 0.438. The van der Waals surface area contributed by atoms with Crippen LogP contribution in [-0.2, 0) is 0 Å². The molecule has 1 aromatic heterocycles. The van der Waals surface area contributed by atoms with Crippen LogP contribution in [-0.4, -0.2) is 29.7 Å². The quantitative estimate of drug-likeness (QED) is 0.453. The lowest BCUT2D eigenvalue weighted by Crippen LogP contribution is -1.99. The Morgan fingerprint density at radius 1 is 1.08 bits per heavy atom. The van der Waals surface area contributed by atoms with E-state index >= 15 is 0 Å². The molecule has 7 heteroatoms. The third-order valence-electron chi connectivity index (χ3n) is 3.14. The highest BCUT2D eigenvalue weighted by atomic mass is 35.5. The zero-order valence-corrected chi connectivity index (χ0v) is 14.5. The molecule has 0 spiro atoms. The molecule has 0 saturated heterocycles. The van der Waals surface area contributed by atoms with Crippen LogP contribution in [0.15, 0.2) is 58.2 Å². The number of ether oxygens (including phenoxy) is 2. The lowest BCUT2D eigenvalue weighted by molar-refractivity contribution is 0.343. The highest BCUT2D eigenvalue weighted by Crippen LogP contribution is 2.30. The van der Waals surface area contributed by atoms with Crippen LogP contribution in [0.25, 0.3) is 11.5 Å². The number of benzene rings is 2. The van der Waals surface area contributed by atoms with E-state index in [1.165, 1.54) is 11.8 Å². The number of rotatable bonds is 7. The van der Waals surface area contributed by atoms with Crippen molar-refractivity contribution in [1.29, 1.82) is 0 Å². The smallest absolute Gasteiger partial charge is 0.276 e. The van der Waals surface area contributed by atoms with Crippen molar-refractivity contribution in [2.24, 2.45) is 0 Å². The first-order chi connectivity index (χ1) is 11.8. The first-order valence-corrected chi connectivity index (χ1v) is 8.60. The number of methoxy groups -OCH3 is 1. The predicted molar refractivity (Wildman–Crippen MR) is 94.0 cm³/mol. The summed E-state index contributed by atoms with van der Waals surface area (Å²) in [6, 6.07) is 14.8. The second-order valence-corrected chi connectivity index (χ2v) is 6.21. The maximum absolute atomic E-state index is 5.83. The van der Waals surface area contributed by atoms with Gasteiger partial charge in [-0.3, -0.25) is 0 Å². The molecule has 2 aromatic carbocycles. The van der Waals surface area contributed by atoms with Gasteiger partial charge in [0.2, 0.25) is 0 Å². The van der Waals surface area contributed by atoms with E-state index in [-0.39, 0.29) is 0 Å². The standard InChI is InChI=1S/C17H15ClN2O3S/c1-21-15-5-3-2-4-14(15)16-19-20-17(23-16)24-11-10-22-13-8-6-12(18)7-9-13/h2-9H,10-11H2,1H3. The summed E-state index contributed by atoms with van der Waals surface area (Å²) in [5, 5.41) is 9.29. The van der Waals surface area contributed by atoms with Crippen molar-refractivity contribution in [3.05, 3.63) is 53.6 Å². The molecule has 0 atom stereocenters. The van der Waals surface area contributed by atoms with Gasteiger partial charge in [-0.05, 0) is 36.4 Å². The molecule has 0 bridgehead atoms. The van der Waals surface area contributed by atoms with Crippen LogP contribution in [0, 0.1) is 0 Å². The number of thioether (sulfide) groups is 1. The topological polar surface area (TPSA) is 57.4 Å². The summed E-state index contributed by atoms with van der Waals surface area (Å²) in [7, 11) is 1.61. The average Bonchev–Trinajstić information content (AvgIpc) is 3.09. The monoisotopic (exact) mass is 362 g/mol. The van der Waals surface area contributed by atoms with Gasteiger partial charge in [0.25, 0.3) is 11.1 Å². The summed E-state index contributed by atoms with van der Waals surface area (Å²) in [5.41, 5.74) is 0.775. The Kier molecular flexibility index (Phi) is 5.61. The number of hydrogen-bond acceptors (Lipinski definition) is 6. The normalized spacial score (nSPS) is 10.6. The molecule has 24 heavy (non-hydrogen) atoms. The van der Waals surface area contributed by atoms with Crippen LogP contribution in [0.4, 0.5) is 0 Å². The molecule has 124 valence electrons. The van der Waals surface area contributed by atoms with Gasteiger partial charge in [-0.15, -0.1) is 10.2 Å². The Morgan fingerprint density at radius 3 is 2.67 bits per heavy atom. The van der Waals surface area contributed by atoms with Gasteiger partial charge in [-0.25, -0.2) is 0 Å². The lowest BCUT2D eigenvalue weighted by atomic mass is 10.2. The lowest BCUT2D eigenvalue weighted by Gasteiger charge is -2.04. The molecule has 0 saturated carbocycles. The van der Waals surface area contributed by atoms with Crippen molar-refractivity contribution in [2.75, 3.05) is 19.5 Å². The highest BCUT2D eigenvalue weighted by Gasteiger charge is 2.13. The van der Waals surface area contributed by atoms with Gasteiger partial charge in [-0.2, -0.15) is 0 Å². The predicted octanol–water partition coefficient (Wildman–Crippen LogP) is 4.57. The first-order valence-electron chi connectivity index (χ1n) is 7.24. The zero-order valence-electron chi connectivity index (χ0n) is 12.9. The van der Waals surface area contributed by atoms with E-state index in [0.717, 1.165) is 11.3 Å². The highest BCUT2D eigenvalue weighted by molar-refractivity contribution is 7.99. The van der Waals surface area contributed by atoms with Crippen LogP contribution >= 0.6 is 23.4 Å². The van der Waals surface area contributed by atoms with Gasteiger partial charge in [0.15, 0.2) is 0 Å². The number of hydrogen-bond donors (Lipinski definition) is 0. The fraction of sp³-hybridized carbons (Fsp3) is 0.176. The summed E-state index contributed by atoms with van der Waals surface area (Å²) in [5.74, 6) is 2.61. The molecular weight excluding hydrogens is 348 g/mol. The van der Waals surface area contributed by atoms with E-state index in [0.29, 0.717) is 34.2 Å². The van der Waals surface area contributed by atoms with E-state index in [4.69, 9.17) is 25.5 Å². The summed E-state index contributed by atoms with van der Waals surface area (Å²) >= 11 is 7.27. The van der Waals surface area contributed by atoms with E-state index < -0.39 is 0 Å². The first kappa shape index (κ1) is 16.7. The van der Waals surface area contributed by atoms with Crippen LogP contribution in [0.5, 0.6) is 11.5 Å². The Hall–Kier alpha value is -2.18. The van der Waals surface area contributed by atoms with Crippen molar-refractivity contribution in [2.45, 2.75) is 5.22 Å². The molecule has 0 unspecified atom stereocenters. The second kappa shape index (κ2) is 8.08. The van der Waals surface area contributed by atoms with Gasteiger partial charge >= 0.3 is 0 Å². The van der Waals surface area contributed by atoms with E-state index in [9.17, 15) is 0 Å².